The second-order valence-electron chi connectivity index (χ2n) is 1.08. The fourth-order valence-corrected chi connectivity index (χ4v) is 0.228. The third-order valence-corrected chi connectivity index (χ3v) is 0.560. The van der Waals surface area contributed by atoms with Gasteiger partial charge < -0.3 is 4.74 Å². The molecule has 0 N–H and O–H groups in total. The first kappa shape index (κ1) is 6.70. The Morgan fingerprint density at radius 2 is 2.43 bits per heavy atom. The van der Waals surface area contributed by atoms with Crippen molar-refractivity contribution >= 4 is 0 Å². The SMILES string of the molecule is C[C]OCC=CC. The van der Waals surface area contributed by atoms with Crippen molar-refractivity contribution < 1.29 is 4.74 Å². The summed E-state index contributed by atoms with van der Waals surface area (Å²) in [4.78, 5) is 0. The third kappa shape index (κ3) is 5.70. The molecule has 0 saturated heterocycles. The molecule has 0 unspecified atom stereocenters. The Labute approximate surface area is 45.0 Å². The molecule has 0 heterocycles. The Hall–Kier alpha value is -0.300. The molecule has 0 aliphatic rings. The standard InChI is InChI=1S/C6H10O/c1-3-5-6-7-4-2/h3,5H,6H2,1-2H3. The fraction of sp³-hybridized carbons (Fsp3) is 0.500. The fourth-order valence-electron chi connectivity index (χ4n) is 0.228. The van der Waals surface area contributed by atoms with Gasteiger partial charge in [0.25, 0.3) is 0 Å². The van der Waals surface area contributed by atoms with E-state index in [1.54, 1.807) is 6.92 Å². The lowest BCUT2D eigenvalue weighted by molar-refractivity contribution is 0.239. The molecule has 0 aromatic heterocycles. The molecular formula is C6H10O. The van der Waals surface area contributed by atoms with Crippen LogP contribution in [0, 0.1) is 6.61 Å². The first-order valence-electron chi connectivity index (χ1n) is 2.31. The normalized spacial score (nSPS) is 10.6. The molecule has 0 spiro atoms. The average molecular weight is 98.1 g/mol. The van der Waals surface area contributed by atoms with Crippen molar-refractivity contribution in [3.8, 4) is 0 Å². The minimum atomic E-state index is 0.646. The quantitative estimate of drug-likeness (QED) is 0.385. The van der Waals surface area contributed by atoms with Gasteiger partial charge in [-0.1, -0.05) is 12.2 Å². The molecule has 0 atom stereocenters. The van der Waals surface area contributed by atoms with Crippen molar-refractivity contribution in [2.45, 2.75) is 13.8 Å². The molecule has 7 heavy (non-hydrogen) atoms. The van der Waals surface area contributed by atoms with Gasteiger partial charge in [0.15, 0.2) is 0 Å². The van der Waals surface area contributed by atoms with E-state index < -0.39 is 0 Å². The van der Waals surface area contributed by atoms with Gasteiger partial charge >= 0.3 is 0 Å². The first-order chi connectivity index (χ1) is 3.41. The van der Waals surface area contributed by atoms with E-state index in [9.17, 15) is 0 Å². The number of hydrogen-bond donors (Lipinski definition) is 0. The highest BCUT2D eigenvalue weighted by Gasteiger charge is 1.72. The lowest BCUT2D eigenvalue weighted by Crippen LogP contribution is -1.81. The maximum atomic E-state index is 4.74. The second-order valence-corrected chi connectivity index (χ2v) is 1.08. The minimum Gasteiger partial charge on any atom is -0.365 e. The summed E-state index contributed by atoms with van der Waals surface area (Å²) in [5.74, 6) is 0. The minimum absolute atomic E-state index is 0.646. The Kier molecular flexibility index (Phi) is 5.46. The van der Waals surface area contributed by atoms with Crippen LogP contribution >= 0.6 is 0 Å². The lowest BCUT2D eigenvalue weighted by Gasteiger charge is -1.87. The molecule has 0 aromatic carbocycles. The van der Waals surface area contributed by atoms with Crippen LogP contribution in [-0.2, 0) is 4.74 Å². The van der Waals surface area contributed by atoms with Gasteiger partial charge in [0.2, 0.25) is 0 Å². The maximum Gasteiger partial charge on any atom is 0.129 e. The number of allylic oxidation sites excluding steroid dienone is 1. The third-order valence-electron chi connectivity index (χ3n) is 0.560. The lowest BCUT2D eigenvalue weighted by atomic mass is 10.5. The highest BCUT2D eigenvalue weighted by Crippen LogP contribution is 1.78. The van der Waals surface area contributed by atoms with E-state index in [1.807, 2.05) is 19.1 Å². The molecule has 0 aromatic rings. The summed E-state index contributed by atoms with van der Waals surface area (Å²) in [5, 5.41) is 0. The van der Waals surface area contributed by atoms with E-state index in [0.717, 1.165) is 0 Å². The highest BCUT2D eigenvalue weighted by atomic mass is 16.5. The van der Waals surface area contributed by atoms with Crippen LogP contribution in [0.5, 0.6) is 0 Å². The Morgan fingerprint density at radius 3 is 2.86 bits per heavy atom. The van der Waals surface area contributed by atoms with Gasteiger partial charge in [0.1, 0.15) is 6.61 Å². The Morgan fingerprint density at radius 1 is 1.71 bits per heavy atom. The molecule has 40 valence electrons. The van der Waals surface area contributed by atoms with Gasteiger partial charge in [0, 0.05) is 0 Å². The van der Waals surface area contributed by atoms with E-state index in [-0.39, 0.29) is 0 Å². The van der Waals surface area contributed by atoms with E-state index >= 15 is 0 Å². The van der Waals surface area contributed by atoms with E-state index in [4.69, 9.17) is 4.74 Å². The summed E-state index contributed by atoms with van der Waals surface area (Å²) < 4.78 is 4.74. The summed E-state index contributed by atoms with van der Waals surface area (Å²) in [6.45, 7) is 6.89. The topological polar surface area (TPSA) is 9.23 Å². The van der Waals surface area contributed by atoms with Crippen molar-refractivity contribution in [3.05, 3.63) is 18.8 Å². The zero-order chi connectivity index (χ0) is 5.54. The zero-order valence-electron chi connectivity index (χ0n) is 4.77. The predicted octanol–water partition coefficient (Wildman–Crippen LogP) is 1.64. The van der Waals surface area contributed by atoms with Crippen LogP contribution in [0.3, 0.4) is 0 Å². The first-order valence-corrected chi connectivity index (χ1v) is 2.31. The van der Waals surface area contributed by atoms with Crippen LogP contribution in [0.2, 0.25) is 0 Å². The van der Waals surface area contributed by atoms with Crippen LogP contribution in [0.1, 0.15) is 13.8 Å². The maximum absolute atomic E-state index is 4.74. The van der Waals surface area contributed by atoms with E-state index in [1.165, 1.54) is 0 Å². The van der Waals surface area contributed by atoms with Crippen LogP contribution in [-0.4, -0.2) is 6.61 Å². The average Bonchev–Trinajstić information content (AvgIpc) is 1.69. The molecule has 0 saturated carbocycles. The summed E-state index contributed by atoms with van der Waals surface area (Å²) in [7, 11) is 0. The summed E-state index contributed by atoms with van der Waals surface area (Å²) in [6.07, 6.45) is 3.87. The Balaban J connectivity index is 2.69. The van der Waals surface area contributed by atoms with Crippen molar-refractivity contribution in [2.75, 3.05) is 6.61 Å². The van der Waals surface area contributed by atoms with Gasteiger partial charge in [0.05, 0.1) is 6.61 Å². The van der Waals surface area contributed by atoms with Gasteiger partial charge in [-0.05, 0) is 13.8 Å². The van der Waals surface area contributed by atoms with E-state index in [2.05, 4.69) is 6.61 Å². The predicted molar refractivity (Wildman–Crippen MR) is 29.7 cm³/mol. The van der Waals surface area contributed by atoms with Crippen LogP contribution in [0.15, 0.2) is 12.2 Å². The molecular weight excluding hydrogens is 88.1 g/mol. The van der Waals surface area contributed by atoms with Crippen LogP contribution in [0.25, 0.3) is 0 Å². The zero-order valence-corrected chi connectivity index (χ0v) is 4.77. The largest absolute Gasteiger partial charge is 0.365 e. The molecule has 1 heteroatoms. The van der Waals surface area contributed by atoms with Crippen LogP contribution in [0.4, 0.5) is 0 Å². The molecule has 0 aliphatic heterocycles. The monoisotopic (exact) mass is 98.1 g/mol. The number of hydrogen-bond acceptors (Lipinski definition) is 1. The summed E-state index contributed by atoms with van der Waals surface area (Å²) in [5.41, 5.74) is 0. The molecule has 0 rings (SSSR count). The second kappa shape index (κ2) is 5.70. The van der Waals surface area contributed by atoms with Crippen molar-refractivity contribution in [2.24, 2.45) is 0 Å². The summed E-state index contributed by atoms with van der Waals surface area (Å²) in [6, 6.07) is 0. The van der Waals surface area contributed by atoms with Crippen molar-refractivity contribution in [1.82, 2.24) is 0 Å². The molecule has 0 fully saturated rings. The van der Waals surface area contributed by atoms with Crippen LogP contribution < -0.4 is 0 Å². The van der Waals surface area contributed by atoms with Gasteiger partial charge in [-0.15, -0.1) is 0 Å². The van der Waals surface area contributed by atoms with Gasteiger partial charge in [-0.2, -0.15) is 0 Å². The highest BCUT2D eigenvalue weighted by molar-refractivity contribution is 4.76. The van der Waals surface area contributed by atoms with Crippen molar-refractivity contribution in [3.63, 3.8) is 0 Å². The van der Waals surface area contributed by atoms with E-state index in [0.29, 0.717) is 6.61 Å². The van der Waals surface area contributed by atoms with Gasteiger partial charge in [-0.25, -0.2) is 0 Å². The number of ether oxygens (including phenoxy) is 1. The van der Waals surface area contributed by atoms with Gasteiger partial charge in [-0.3, -0.25) is 0 Å². The molecule has 0 amide bonds. The molecule has 0 aliphatic carbocycles. The smallest absolute Gasteiger partial charge is 0.129 e. The molecule has 2 radical (unpaired) electrons. The van der Waals surface area contributed by atoms with Crippen molar-refractivity contribution in [1.29, 1.82) is 0 Å². The number of rotatable bonds is 3. The Bertz CT molecular complexity index is 48.1. The molecule has 0 bridgehead atoms. The molecule has 1 nitrogen and oxygen atoms in total. The summed E-state index contributed by atoms with van der Waals surface area (Å²) >= 11 is 0.